The van der Waals surface area contributed by atoms with Crippen LogP contribution in [0.3, 0.4) is 0 Å². The highest BCUT2D eigenvalue weighted by Crippen LogP contribution is 2.21. The maximum absolute atomic E-state index is 13.6. The van der Waals surface area contributed by atoms with Gasteiger partial charge in [0.1, 0.15) is 17.2 Å². The van der Waals surface area contributed by atoms with E-state index in [2.05, 4.69) is 27.5 Å². The van der Waals surface area contributed by atoms with E-state index in [0.717, 1.165) is 36.4 Å². The van der Waals surface area contributed by atoms with Crippen LogP contribution in [0.25, 0.3) is 5.57 Å². The van der Waals surface area contributed by atoms with E-state index in [0.29, 0.717) is 6.54 Å². The number of benzene rings is 1. The molecular formula is C17H16F2N4O. The maximum atomic E-state index is 13.6. The highest BCUT2D eigenvalue weighted by Gasteiger charge is 2.18. The Morgan fingerprint density at radius 1 is 1.21 bits per heavy atom. The Hall–Kier alpha value is -2.67. The van der Waals surface area contributed by atoms with Gasteiger partial charge >= 0.3 is 0 Å². The molecule has 3 rings (SSSR count). The van der Waals surface area contributed by atoms with Crippen molar-refractivity contribution in [2.75, 3.05) is 18.4 Å². The molecule has 1 aliphatic rings. The van der Waals surface area contributed by atoms with Gasteiger partial charge in [-0.1, -0.05) is 11.6 Å². The number of hydrogen-bond donors (Lipinski definition) is 2. The minimum absolute atomic E-state index is 0.133. The first-order valence-corrected chi connectivity index (χ1v) is 7.53. The van der Waals surface area contributed by atoms with Crippen molar-refractivity contribution in [3.05, 3.63) is 59.1 Å². The monoisotopic (exact) mass is 330 g/mol. The molecule has 0 saturated heterocycles. The molecule has 0 saturated carbocycles. The van der Waals surface area contributed by atoms with Crippen LogP contribution in [-0.2, 0) is 0 Å². The van der Waals surface area contributed by atoms with Gasteiger partial charge in [-0.3, -0.25) is 9.78 Å². The van der Waals surface area contributed by atoms with Crippen molar-refractivity contribution in [1.82, 2.24) is 15.3 Å². The zero-order chi connectivity index (χ0) is 17.1. The number of halogens is 2. The minimum Gasteiger partial charge on any atom is -0.312 e. The third kappa shape index (κ3) is 3.30. The van der Waals surface area contributed by atoms with E-state index < -0.39 is 23.1 Å². The lowest BCUT2D eigenvalue weighted by Crippen LogP contribution is -2.24. The van der Waals surface area contributed by atoms with Gasteiger partial charge in [0.05, 0.1) is 18.1 Å². The first-order chi connectivity index (χ1) is 11.6. The van der Waals surface area contributed by atoms with Crippen LogP contribution in [0, 0.1) is 11.6 Å². The molecule has 1 aliphatic heterocycles. The molecule has 2 aromatic rings. The van der Waals surface area contributed by atoms with Gasteiger partial charge in [0.15, 0.2) is 5.82 Å². The van der Waals surface area contributed by atoms with Gasteiger partial charge in [0.25, 0.3) is 5.91 Å². The third-order valence-corrected chi connectivity index (χ3v) is 3.89. The van der Waals surface area contributed by atoms with E-state index >= 15 is 0 Å². The summed E-state index contributed by atoms with van der Waals surface area (Å²) in [6, 6.07) is 3.25. The lowest BCUT2D eigenvalue weighted by Gasteiger charge is -2.18. The molecule has 0 fully saturated rings. The van der Waals surface area contributed by atoms with Crippen molar-refractivity contribution in [2.45, 2.75) is 13.3 Å². The van der Waals surface area contributed by atoms with E-state index in [1.54, 1.807) is 6.20 Å². The van der Waals surface area contributed by atoms with Crippen LogP contribution in [0.2, 0.25) is 0 Å². The van der Waals surface area contributed by atoms with Crippen LogP contribution in [-0.4, -0.2) is 29.0 Å². The van der Waals surface area contributed by atoms with Gasteiger partial charge in [-0.15, -0.1) is 0 Å². The number of carbonyl (C=O) groups is 1. The Bertz CT molecular complexity index is 782. The van der Waals surface area contributed by atoms with Crippen LogP contribution in [0.15, 0.2) is 36.2 Å². The quantitative estimate of drug-likeness (QED) is 0.908. The van der Waals surface area contributed by atoms with Crippen molar-refractivity contribution >= 4 is 17.3 Å². The van der Waals surface area contributed by atoms with Crippen molar-refractivity contribution in [2.24, 2.45) is 0 Å². The molecule has 1 amide bonds. The molecule has 1 aromatic heterocycles. The van der Waals surface area contributed by atoms with Gasteiger partial charge in [0, 0.05) is 6.54 Å². The standard InChI is InChI=1S/C17H16F2N4O/c1-10-5-6-20-7-11(10)14-8-22-15(9-21-14)23-17(24)16-12(18)3-2-4-13(16)19/h2-4,8-9,20H,5-7H2,1H3,(H,22,23,24). The number of aromatic nitrogens is 2. The van der Waals surface area contributed by atoms with Gasteiger partial charge in [0.2, 0.25) is 0 Å². The first-order valence-electron chi connectivity index (χ1n) is 7.53. The summed E-state index contributed by atoms with van der Waals surface area (Å²) in [6.45, 7) is 3.70. The first kappa shape index (κ1) is 16.2. The van der Waals surface area contributed by atoms with E-state index in [1.807, 2.05) is 0 Å². The summed E-state index contributed by atoms with van der Waals surface area (Å²) >= 11 is 0. The van der Waals surface area contributed by atoms with Gasteiger partial charge in [-0.05, 0) is 37.6 Å². The van der Waals surface area contributed by atoms with Crippen molar-refractivity contribution in [3.8, 4) is 0 Å². The summed E-state index contributed by atoms with van der Waals surface area (Å²) in [4.78, 5) is 20.4. The summed E-state index contributed by atoms with van der Waals surface area (Å²) in [6.07, 6.45) is 3.86. The third-order valence-electron chi connectivity index (χ3n) is 3.89. The molecule has 2 N–H and O–H groups in total. The number of rotatable bonds is 3. The molecule has 1 aromatic carbocycles. The number of amides is 1. The highest BCUT2D eigenvalue weighted by atomic mass is 19.1. The van der Waals surface area contributed by atoms with E-state index in [4.69, 9.17) is 0 Å². The second kappa shape index (κ2) is 6.84. The van der Waals surface area contributed by atoms with Crippen LogP contribution >= 0.6 is 0 Å². The molecule has 7 heteroatoms. The lowest BCUT2D eigenvalue weighted by molar-refractivity contribution is 0.101. The molecule has 0 aliphatic carbocycles. The Kier molecular flexibility index (Phi) is 4.61. The Balaban J connectivity index is 1.78. The summed E-state index contributed by atoms with van der Waals surface area (Å²) in [7, 11) is 0. The molecular weight excluding hydrogens is 314 g/mol. The number of carbonyl (C=O) groups excluding carboxylic acids is 1. The normalized spacial score (nSPS) is 14.6. The van der Waals surface area contributed by atoms with Crippen LogP contribution in [0.4, 0.5) is 14.6 Å². The molecule has 0 spiro atoms. The van der Waals surface area contributed by atoms with Crippen molar-refractivity contribution in [3.63, 3.8) is 0 Å². The second-order valence-corrected chi connectivity index (χ2v) is 5.52. The average Bonchev–Trinajstić information content (AvgIpc) is 2.56. The summed E-state index contributed by atoms with van der Waals surface area (Å²) in [5.74, 6) is -2.62. The molecule has 0 unspecified atom stereocenters. The maximum Gasteiger partial charge on any atom is 0.262 e. The molecule has 0 radical (unpaired) electrons. The number of hydrogen-bond acceptors (Lipinski definition) is 4. The number of nitrogens with zero attached hydrogens (tertiary/aromatic N) is 2. The van der Waals surface area contributed by atoms with Crippen LogP contribution in [0.1, 0.15) is 29.4 Å². The SMILES string of the molecule is CC1=C(c2cnc(NC(=O)c3c(F)cccc3F)cn2)CNCC1. The smallest absolute Gasteiger partial charge is 0.262 e. The van der Waals surface area contributed by atoms with Gasteiger partial charge < -0.3 is 10.6 Å². The molecule has 2 heterocycles. The van der Waals surface area contributed by atoms with Crippen LogP contribution in [0.5, 0.6) is 0 Å². The Morgan fingerprint density at radius 2 is 1.96 bits per heavy atom. The lowest BCUT2D eigenvalue weighted by atomic mass is 10.0. The highest BCUT2D eigenvalue weighted by molar-refractivity contribution is 6.04. The zero-order valence-electron chi connectivity index (χ0n) is 13.1. The van der Waals surface area contributed by atoms with E-state index in [9.17, 15) is 13.6 Å². The van der Waals surface area contributed by atoms with E-state index in [1.165, 1.54) is 17.8 Å². The predicted molar refractivity (Wildman–Crippen MR) is 86.4 cm³/mol. The van der Waals surface area contributed by atoms with E-state index in [-0.39, 0.29) is 5.82 Å². The zero-order valence-corrected chi connectivity index (χ0v) is 13.1. The number of anilines is 1. The van der Waals surface area contributed by atoms with Crippen molar-refractivity contribution in [1.29, 1.82) is 0 Å². The topological polar surface area (TPSA) is 66.9 Å². The fourth-order valence-electron chi connectivity index (χ4n) is 2.54. The molecule has 124 valence electrons. The fraction of sp³-hybridized carbons (Fsp3) is 0.235. The fourth-order valence-corrected chi connectivity index (χ4v) is 2.54. The van der Waals surface area contributed by atoms with Crippen molar-refractivity contribution < 1.29 is 13.6 Å². The van der Waals surface area contributed by atoms with Gasteiger partial charge in [-0.2, -0.15) is 0 Å². The molecule has 5 nitrogen and oxygen atoms in total. The Morgan fingerprint density at radius 3 is 2.58 bits per heavy atom. The Labute approximate surface area is 137 Å². The summed E-state index contributed by atoms with van der Waals surface area (Å²) < 4.78 is 27.2. The average molecular weight is 330 g/mol. The molecule has 0 atom stereocenters. The second-order valence-electron chi connectivity index (χ2n) is 5.52. The largest absolute Gasteiger partial charge is 0.312 e. The summed E-state index contributed by atoms with van der Waals surface area (Å²) in [5.41, 5.74) is 2.40. The van der Waals surface area contributed by atoms with Crippen LogP contribution < -0.4 is 10.6 Å². The van der Waals surface area contributed by atoms with Gasteiger partial charge in [-0.25, -0.2) is 13.8 Å². The number of nitrogens with one attached hydrogen (secondary N) is 2. The predicted octanol–water partition coefficient (Wildman–Crippen LogP) is 2.77. The minimum atomic E-state index is -0.925. The molecule has 0 bridgehead atoms. The summed E-state index contributed by atoms with van der Waals surface area (Å²) in [5, 5.41) is 5.62. The molecule has 24 heavy (non-hydrogen) atoms.